The molecule has 0 spiro atoms. The van der Waals surface area contributed by atoms with Gasteiger partial charge in [0.15, 0.2) is 5.96 Å². The molecule has 0 unspecified atom stereocenters. The monoisotopic (exact) mass is 281 g/mol. The van der Waals surface area contributed by atoms with Crippen molar-refractivity contribution in [2.75, 3.05) is 13.6 Å². The molecule has 0 saturated heterocycles. The zero-order chi connectivity index (χ0) is 14.9. The second-order valence-corrected chi connectivity index (χ2v) is 5.07. The molecule has 0 radical (unpaired) electrons. The van der Waals surface area contributed by atoms with E-state index in [1.807, 2.05) is 6.07 Å². The predicted octanol–water partition coefficient (Wildman–Crippen LogP) is 2.90. The molecular weight excluding hydrogens is 258 g/mol. The third-order valence-electron chi connectivity index (χ3n) is 3.35. The van der Waals surface area contributed by atoms with E-state index in [-0.39, 0.29) is 0 Å². The van der Waals surface area contributed by atoms with Crippen molar-refractivity contribution < 1.29 is 0 Å². The SMILES string of the molecule is CN=C(NCCc1ccccc1)NCc1ccc(C)cc1. The standard InChI is InChI=1S/C18H23N3/c1-15-8-10-17(11-9-15)14-21-18(19-2)20-13-12-16-6-4-3-5-7-16/h3-11H,12-14H2,1-2H3,(H2,19,20,21). The lowest BCUT2D eigenvalue weighted by Gasteiger charge is -2.12. The lowest BCUT2D eigenvalue weighted by molar-refractivity contribution is 0.794. The van der Waals surface area contributed by atoms with E-state index in [1.54, 1.807) is 7.05 Å². The minimum absolute atomic E-state index is 0.783. The number of aliphatic imine (C=N–C) groups is 1. The molecule has 0 heterocycles. The van der Waals surface area contributed by atoms with Gasteiger partial charge in [-0.1, -0.05) is 60.2 Å². The van der Waals surface area contributed by atoms with Crippen molar-refractivity contribution in [1.29, 1.82) is 0 Å². The molecule has 2 N–H and O–H groups in total. The summed E-state index contributed by atoms with van der Waals surface area (Å²) < 4.78 is 0. The minimum atomic E-state index is 0.783. The summed E-state index contributed by atoms with van der Waals surface area (Å²) in [5.41, 5.74) is 3.87. The summed E-state index contributed by atoms with van der Waals surface area (Å²) >= 11 is 0. The van der Waals surface area contributed by atoms with Gasteiger partial charge >= 0.3 is 0 Å². The largest absolute Gasteiger partial charge is 0.356 e. The molecule has 21 heavy (non-hydrogen) atoms. The molecular formula is C18H23N3. The predicted molar refractivity (Wildman–Crippen MR) is 89.5 cm³/mol. The van der Waals surface area contributed by atoms with Gasteiger partial charge in [0.2, 0.25) is 0 Å². The summed E-state index contributed by atoms with van der Waals surface area (Å²) in [4.78, 5) is 4.25. The number of benzene rings is 2. The van der Waals surface area contributed by atoms with E-state index < -0.39 is 0 Å². The molecule has 0 saturated carbocycles. The number of nitrogens with one attached hydrogen (secondary N) is 2. The van der Waals surface area contributed by atoms with Crippen molar-refractivity contribution >= 4 is 5.96 Å². The van der Waals surface area contributed by atoms with Crippen LogP contribution in [0.15, 0.2) is 59.6 Å². The summed E-state index contributed by atoms with van der Waals surface area (Å²) in [6.45, 7) is 3.75. The molecule has 2 aromatic carbocycles. The van der Waals surface area contributed by atoms with Crippen molar-refractivity contribution in [3.05, 3.63) is 71.3 Å². The van der Waals surface area contributed by atoms with Crippen molar-refractivity contribution in [2.45, 2.75) is 19.9 Å². The normalized spacial score (nSPS) is 11.2. The average Bonchev–Trinajstić information content (AvgIpc) is 2.53. The molecule has 0 bridgehead atoms. The fraction of sp³-hybridized carbons (Fsp3) is 0.278. The highest BCUT2D eigenvalue weighted by Gasteiger charge is 1.98. The van der Waals surface area contributed by atoms with Crippen LogP contribution in [0.25, 0.3) is 0 Å². The average molecular weight is 281 g/mol. The van der Waals surface area contributed by atoms with E-state index in [4.69, 9.17) is 0 Å². The first-order valence-electron chi connectivity index (χ1n) is 7.32. The molecule has 0 aliphatic rings. The smallest absolute Gasteiger partial charge is 0.191 e. The second kappa shape index (κ2) is 8.10. The Balaban J connectivity index is 1.74. The van der Waals surface area contributed by atoms with Crippen LogP contribution in [-0.4, -0.2) is 19.6 Å². The third kappa shape index (κ3) is 5.30. The Morgan fingerprint density at radius 3 is 2.29 bits per heavy atom. The Morgan fingerprint density at radius 1 is 0.905 bits per heavy atom. The maximum absolute atomic E-state index is 4.25. The van der Waals surface area contributed by atoms with Gasteiger partial charge in [0.05, 0.1) is 0 Å². The van der Waals surface area contributed by atoms with Crippen LogP contribution in [0.1, 0.15) is 16.7 Å². The summed E-state index contributed by atoms with van der Waals surface area (Å²) in [7, 11) is 1.80. The summed E-state index contributed by atoms with van der Waals surface area (Å²) in [5, 5.41) is 6.67. The maximum Gasteiger partial charge on any atom is 0.191 e. The fourth-order valence-corrected chi connectivity index (χ4v) is 2.08. The first-order valence-corrected chi connectivity index (χ1v) is 7.32. The molecule has 3 heteroatoms. The zero-order valence-corrected chi connectivity index (χ0v) is 12.8. The highest BCUT2D eigenvalue weighted by Crippen LogP contribution is 2.02. The molecule has 2 rings (SSSR count). The van der Waals surface area contributed by atoms with Gasteiger partial charge in [0.25, 0.3) is 0 Å². The number of nitrogens with zero attached hydrogens (tertiary/aromatic N) is 1. The summed E-state index contributed by atoms with van der Waals surface area (Å²) in [6.07, 6.45) is 0.992. The van der Waals surface area contributed by atoms with Crippen LogP contribution in [0.4, 0.5) is 0 Å². The maximum atomic E-state index is 4.25. The lowest BCUT2D eigenvalue weighted by Crippen LogP contribution is -2.37. The van der Waals surface area contributed by atoms with Crippen LogP contribution in [0.3, 0.4) is 0 Å². The van der Waals surface area contributed by atoms with Gasteiger partial charge in [-0.3, -0.25) is 4.99 Å². The van der Waals surface area contributed by atoms with E-state index in [0.717, 1.165) is 25.5 Å². The first kappa shape index (κ1) is 15.1. The number of rotatable bonds is 5. The highest BCUT2D eigenvalue weighted by molar-refractivity contribution is 5.79. The molecule has 0 aliphatic heterocycles. The molecule has 0 aliphatic carbocycles. The van der Waals surface area contributed by atoms with Crippen LogP contribution in [-0.2, 0) is 13.0 Å². The van der Waals surface area contributed by atoms with E-state index >= 15 is 0 Å². The van der Waals surface area contributed by atoms with Crippen molar-refractivity contribution in [2.24, 2.45) is 4.99 Å². The topological polar surface area (TPSA) is 36.4 Å². The Labute approximate surface area is 127 Å². The quantitative estimate of drug-likeness (QED) is 0.653. The van der Waals surface area contributed by atoms with E-state index in [2.05, 4.69) is 71.1 Å². The van der Waals surface area contributed by atoms with Gasteiger partial charge in [-0.2, -0.15) is 0 Å². The number of aryl methyl sites for hydroxylation is 1. The molecule has 0 amide bonds. The second-order valence-electron chi connectivity index (χ2n) is 5.07. The van der Waals surface area contributed by atoms with Crippen LogP contribution in [0.2, 0.25) is 0 Å². The molecule has 0 atom stereocenters. The van der Waals surface area contributed by atoms with Crippen LogP contribution in [0.5, 0.6) is 0 Å². The summed E-state index contributed by atoms with van der Waals surface area (Å²) in [5.74, 6) is 0.839. The van der Waals surface area contributed by atoms with Crippen molar-refractivity contribution in [1.82, 2.24) is 10.6 Å². The van der Waals surface area contributed by atoms with Gasteiger partial charge in [-0.05, 0) is 24.5 Å². The number of guanidine groups is 1. The minimum Gasteiger partial charge on any atom is -0.356 e. The van der Waals surface area contributed by atoms with Crippen LogP contribution < -0.4 is 10.6 Å². The lowest BCUT2D eigenvalue weighted by atomic mass is 10.1. The van der Waals surface area contributed by atoms with Gasteiger partial charge in [-0.25, -0.2) is 0 Å². The molecule has 110 valence electrons. The van der Waals surface area contributed by atoms with Crippen molar-refractivity contribution in [3.63, 3.8) is 0 Å². The molecule has 2 aromatic rings. The van der Waals surface area contributed by atoms with E-state index in [0.29, 0.717) is 0 Å². The first-order chi connectivity index (χ1) is 10.3. The Kier molecular flexibility index (Phi) is 5.83. The molecule has 0 aromatic heterocycles. The third-order valence-corrected chi connectivity index (χ3v) is 3.35. The van der Waals surface area contributed by atoms with Crippen LogP contribution in [0, 0.1) is 6.92 Å². The van der Waals surface area contributed by atoms with E-state index in [9.17, 15) is 0 Å². The van der Waals surface area contributed by atoms with Gasteiger partial charge in [-0.15, -0.1) is 0 Å². The van der Waals surface area contributed by atoms with E-state index in [1.165, 1.54) is 16.7 Å². The van der Waals surface area contributed by atoms with Gasteiger partial charge in [0, 0.05) is 20.1 Å². The van der Waals surface area contributed by atoms with Gasteiger partial charge < -0.3 is 10.6 Å². The Morgan fingerprint density at radius 2 is 1.62 bits per heavy atom. The number of hydrogen-bond donors (Lipinski definition) is 2. The molecule has 0 fully saturated rings. The van der Waals surface area contributed by atoms with Gasteiger partial charge in [0.1, 0.15) is 0 Å². The number of hydrogen-bond acceptors (Lipinski definition) is 1. The van der Waals surface area contributed by atoms with Crippen molar-refractivity contribution in [3.8, 4) is 0 Å². The molecule has 3 nitrogen and oxygen atoms in total. The zero-order valence-electron chi connectivity index (χ0n) is 12.8. The highest BCUT2D eigenvalue weighted by atomic mass is 15.2. The Bertz CT molecular complexity index is 559. The Hall–Kier alpha value is -2.29. The summed E-state index contributed by atoms with van der Waals surface area (Å²) in [6, 6.07) is 19.0. The fourth-order valence-electron chi connectivity index (χ4n) is 2.08. The van der Waals surface area contributed by atoms with Crippen LogP contribution >= 0.6 is 0 Å².